The summed E-state index contributed by atoms with van der Waals surface area (Å²) in [5, 5.41) is 29.3. The van der Waals surface area contributed by atoms with Crippen LogP contribution in [0.15, 0.2) is 47.2 Å². The number of benzene rings is 1. The quantitative estimate of drug-likeness (QED) is 0.848. The molecule has 2 aliphatic carbocycles. The predicted octanol–water partition coefficient (Wildman–Crippen LogP) is 3.67. The molecule has 0 aromatic heterocycles. The van der Waals surface area contributed by atoms with Gasteiger partial charge in [0.15, 0.2) is 5.41 Å². The summed E-state index contributed by atoms with van der Waals surface area (Å²) in [6, 6.07) is 12.3. The predicted molar refractivity (Wildman–Crippen MR) is 89.6 cm³/mol. The Morgan fingerprint density at radius 2 is 1.88 bits per heavy atom. The van der Waals surface area contributed by atoms with Gasteiger partial charge in [-0.15, -0.1) is 0 Å². The zero-order chi connectivity index (χ0) is 18.2. The summed E-state index contributed by atoms with van der Waals surface area (Å²) >= 11 is 0. The van der Waals surface area contributed by atoms with E-state index in [9.17, 15) is 20.2 Å². The number of hydrogen-bond donors (Lipinski definition) is 1. The fourth-order valence-corrected chi connectivity index (χ4v) is 4.15. The zero-order valence-electron chi connectivity index (χ0n) is 13.8. The number of rotatable bonds is 1. The molecule has 0 saturated carbocycles. The first-order valence-corrected chi connectivity index (χ1v) is 8.17. The van der Waals surface area contributed by atoms with Gasteiger partial charge in [0.05, 0.1) is 23.4 Å². The molecule has 0 spiro atoms. The van der Waals surface area contributed by atoms with Crippen molar-refractivity contribution in [2.45, 2.75) is 25.7 Å². The van der Waals surface area contributed by atoms with Gasteiger partial charge in [-0.05, 0) is 41.9 Å². The largest absolute Gasteiger partial charge is 0.399 e. The van der Waals surface area contributed by atoms with Crippen molar-refractivity contribution in [3.63, 3.8) is 0 Å². The summed E-state index contributed by atoms with van der Waals surface area (Å²) in [6.45, 7) is 2.07. The summed E-state index contributed by atoms with van der Waals surface area (Å²) < 4.78 is 14.6. The molecule has 2 aliphatic rings. The van der Waals surface area contributed by atoms with E-state index >= 15 is 0 Å². The van der Waals surface area contributed by atoms with Crippen molar-refractivity contribution >= 4 is 0 Å². The minimum Gasteiger partial charge on any atom is -0.399 e. The van der Waals surface area contributed by atoms with Gasteiger partial charge in [-0.25, -0.2) is 4.39 Å². The summed E-state index contributed by atoms with van der Waals surface area (Å²) in [4.78, 5) is 0. The van der Waals surface area contributed by atoms with Gasteiger partial charge in [0, 0.05) is 5.92 Å². The van der Waals surface area contributed by atoms with Gasteiger partial charge in [-0.2, -0.15) is 15.8 Å². The lowest BCUT2D eigenvalue weighted by atomic mass is 9.56. The Balaban J connectivity index is 2.37. The smallest absolute Gasteiger partial charge is 0.191 e. The minimum atomic E-state index is -1.76. The molecule has 25 heavy (non-hydrogen) atoms. The van der Waals surface area contributed by atoms with Crippen LogP contribution in [0.1, 0.15) is 31.2 Å². The van der Waals surface area contributed by atoms with Gasteiger partial charge < -0.3 is 5.73 Å². The number of fused-ring (bicyclic) bond motifs is 1. The first-order chi connectivity index (χ1) is 12.0. The van der Waals surface area contributed by atoms with E-state index in [1.54, 1.807) is 18.2 Å². The second kappa shape index (κ2) is 6.08. The highest BCUT2D eigenvalue weighted by molar-refractivity contribution is 5.59. The van der Waals surface area contributed by atoms with Gasteiger partial charge in [0.25, 0.3) is 0 Å². The van der Waals surface area contributed by atoms with Crippen LogP contribution in [-0.4, -0.2) is 0 Å². The molecule has 3 rings (SSSR count). The Morgan fingerprint density at radius 3 is 2.48 bits per heavy atom. The number of nitrogens with two attached hydrogens (primary N) is 1. The van der Waals surface area contributed by atoms with E-state index in [1.807, 2.05) is 18.2 Å². The molecule has 0 amide bonds. The average Bonchev–Trinajstić information content (AvgIpc) is 2.62. The van der Waals surface area contributed by atoms with Crippen molar-refractivity contribution in [2.75, 3.05) is 0 Å². The molecular weight excluding hydrogens is 315 g/mol. The van der Waals surface area contributed by atoms with E-state index in [4.69, 9.17) is 5.73 Å². The molecule has 0 unspecified atom stereocenters. The first-order valence-electron chi connectivity index (χ1n) is 8.17. The maximum atomic E-state index is 14.6. The summed E-state index contributed by atoms with van der Waals surface area (Å²) in [5.41, 5.74) is 5.58. The van der Waals surface area contributed by atoms with Gasteiger partial charge in [0.2, 0.25) is 0 Å². The highest BCUT2D eigenvalue weighted by atomic mass is 19.1. The van der Waals surface area contributed by atoms with Crippen LogP contribution in [0.2, 0.25) is 0 Å². The summed E-state index contributed by atoms with van der Waals surface area (Å²) in [7, 11) is 0. The molecule has 0 radical (unpaired) electrons. The molecule has 4 nitrogen and oxygen atoms in total. The number of nitrogens with zero attached hydrogens (tertiary/aromatic N) is 3. The Morgan fingerprint density at radius 1 is 1.20 bits per heavy atom. The van der Waals surface area contributed by atoms with Crippen molar-refractivity contribution in [3.8, 4) is 18.2 Å². The Bertz CT molecular complexity index is 893. The molecule has 124 valence electrons. The number of nitriles is 3. The summed E-state index contributed by atoms with van der Waals surface area (Å²) in [6.07, 6.45) is 3.42. The SMILES string of the molecule is C[C@@H]1CC=C2C(C#N)=C(N)C(C#N)(C#N)[C@H](c3ccccc3F)[C@@H]2C1. The monoisotopic (exact) mass is 332 g/mol. The van der Waals surface area contributed by atoms with Crippen LogP contribution >= 0.6 is 0 Å². The minimum absolute atomic E-state index is 0.0645. The maximum Gasteiger partial charge on any atom is 0.191 e. The van der Waals surface area contributed by atoms with Gasteiger partial charge in [-0.1, -0.05) is 31.2 Å². The Labute approximate surface area is 146 Å². The van der Waals surface area contributed by atoms with E-state index in [0.717, 1.165) is 12.0 Å². The first kappa shape index (κ1) is 16.7. The van der Waals surface area contributed by atoms with Gasteiger partial charge in [0.1, 0.15) is 11.9 Å². The number of halogens is 1. The van der Waals surface area contributed by atoms with Crippen molar-refractivity contribution in [1.29, 1.82) is 15.8 Å². The lowest BCUT2D eigenvalue weighted by molar-refractivity contribution is 0.278. The van der Waals surface area contributed by atoms with E-state index in [-0.39, 0.29) is 17.2 Å². The third-order valence-corrected chi connectivity index (χ3v) is 5.35. The third-order valence-electron chi connectivity index (χ3n) is 5.35. The highest BCUT2D eigenvalue weighted by Crippen LogP contribution is 2.56. The average molecular weight is 332 g/mol. The van der Waals surface area contributed by atoms with E-state index in [0.29, 0.717) is 17.9 Å². The Kier molecular flexibility index (Phi) is 4.07. The van der Waals surface area contributed by atoms with Crippen LogP contribution < -0.4 is 5.73 Å². The standard InChI is InChI=1S/C20H17FN4/c1-12-6-7-13-15(8-12)18(14-4-2-3-5-17(14)21)20(10-23,11-24)19(25)16(13)9-22/h2-5,7,12,15,18H,6,8,25H2,1H3/t12-,15-,18-/m1/s1. The molecular formula is C20H17FN4. The lowest BCUT2D eigenvalue weighted by Gasteiger charge is -2.44. The van der Waals surface area contributed by atoms with Gasteiger partial charge >= 0.3 is 0 Å². The lowest BCUT2D eigenvalue weighted by Crippen LogP contribution is -2.43. The van der Waals surface area contributed by atoms with Crippen molar-refractivity contribution < 1.29 is 4.39 Å². The molecule has 3 atom stereocenters. The number of hydrogen-bond acceptors (Lipinski definition) is 4. The molecule has 1 aromatic carbocycles. The molecule has 5 heteroatoms. The molecule has 1 aromatic rings. The normalized spacial score (nSPS) is 27.3. The highest BCUT2D eigenvalue weighted by Gasteiger charge is 2.54. The maximum absolute atomic E-state index is 14.6. The fraction of sp³-hybridized carbons (Fsp3) is 0.350. The zero-order valence-corrected chi connectivity index (χ0v) is 13.8. The second-order valence-corrected chi connectivity index (χ2v) is 6.77. The molecule has 0 bridgehead atoms. The summed E-state index contributed by atoms with van der Waals surface area (Å²) in [5.74, 6) is -1.18. The molecule has 0 saturated heterocycles. The van der Waals surface area contributed by atoms with Crippen LogP contribution in [-0.2, 0) is 0 Å². The van der Waals surface area contributed by atoms with Crippen LogP contribution in [0.25, 0.3) is 0 Å². The van der Waals surface area contributed by atoms with Crippen LogP contribution in [0.3, 0.4) is 0 Å². The second-order valence-electron chi connectivity index (χ2n) is 6.77. The molecule has 0 heterocycles. The fourth-order valence-electron chi connectivity index (χ4n) is 4.15. The van der Waals surface area contributed by atoms with Crippen LogP contribution in [0.5, 0.6) is 0 Å². The van der Waals surface area contributed by atoms with Crippen molar-refractivity contribution in [3.05, 3.63) is 58.6 Å². The Hall–Kier alpha value is -3.10. The third kappa shape index (κ3) is 2.31. The molecule has 2 N–H and O–H groups in total. The van der Waals surface area contributed by atoms with Gasteiger partial charge in [-0.3, -0.25) is 0 Å². The number of allylic oxidation sites excluding steroid dienone is 4. The van der Waals surface area contributed by atoms with Crippen LogP contribution in [0.4, 0.5) is 4.39 Å². The molecule has 0 fully saturated rings. The topological polar surface area (TPSA) is 97.4 Å². The van der Waals surface area contributed by atoms with Crippen LogP contribution in [0, 0.1) is 57.1 Å². The van der Waals surface area contributed by atoms with Crippen molar-refractivity contribution in [2.24, 2.45) is 23.0 Å². The van der Waals surface area contributed by atoms with E-state index < -0.39 is 17.2 Å². The van der Waals surface area contributed by atoms with E-state index in [1.165, 1.54) is 6.07 Å². The van der Waals surface area contributed by atoms with Crippen molar-refractivity contribution in [1.82, 2.24) is 0 Å². The van der Waals surface area contributed by atoms with E-state index in [2.05, 4.69) is 13.0 Å². The molecule has 0 aliphatic heterocycles.